The number of benzene rings is 2. The average molecular weight is 516 g/mol. The summed E-state index contributed by atoms with van der Waals surface area (Å²) in [6.07, 6.45) is -0.819. The molecule has 160 valence electrons. The second-order valence-corrected chi connectivity index (χ2v) is 10.2. The van der Waals surface area contributed by atoms with E-state index < -0.39 is 23.4 Å². The molecule has 0 saturated heterocycles. The van der Waals surface area contributed by atoms with Gasteiger partial charge in [0.15, 0.2) is 0 Å². The highest BCUT2D eigenvalue weighted by atomic mass is 79.9. The van der Waals surface area contributed by atoms with Crippen molar-refractivity contribution in [2.45, 2.75) is 37.2 Å². The summed E-state index contributed by atoms with van der Waals surface area (Å²) >= 11 is 10.6. The van der Waals surface area contributed by atoms with Crippen LogP contribution in [0.1, 0.15) is 25.8 Å². The van der Waals surface area contributed by atoms with Crippen molar-refractivity contribution in [1.82, 2.24) is 5.32 Å². The lowest BCUT2D eigenvalue weighted by atomic mass is 9.90. The van der Waals surface area contributed by atoms with Gasteiger partial charge < -0.3 is 15.3 Å². The molecule has 2 aromatic rings. The maximum absolute atomic E-state index is 14.2. The first-order valence-corrected chi connectivity index (χ1v) is 11.4. The Labute approximate surface area is 192 Å². The lowest BCUT2D eigenvalue weighted by Crippen LogP contribution is -2.47. The molecular weight excluding hydrogens is 495 g/mol. The molecule has 0 unspecified atom stereocenters. The monoisotopic (exact) mass is 514 g/mol. The van der Waals surface area contributed by atoms with Gasteiger partial charge >= 0.3 is 6.09 Å². The van der Waals surface area contributed by atoms with Crippen molar-refractivity contribution in [2.24, 2.45) is 5.92 Å². The fourth-order valence-electron chi connectivity index (χ4n) is 3.48. The Hall–Kier alpha value is -1.77. The number of carboxylic acid groups (broad SMARTS) is 1. The molecule has 3 rings (SSSR count). The van der Waals surface area contributed by atoms with E-state index in [0.29, 0.717) is 34.3 Å². The summed E-state index contributed by atoms with van der Waals surface area (Å²) in [4.78, 5) is 27.0. The molecule has 5 nitrogen and oxygen atoms in total. The number of halogens is 3. The zero-order valence-corrected chi connectivity index (χ0v) is 19.6. The van der Waals surface area contributed by atoms with Crippen molar-refractivity contribution in [1.29, 1.82) is 0 Å². The summed E-state index contributed by atoms with van der Waals surface area (Å²) in [5.41, 5.74) is 0.716. The number of carbonyl (C=O) groups is 2. The van der Waals surface area contributed by atoms with Crippen LogP contribution in [0, 0.1) is 11.7 Å². The van der Waals surface area contributed by atoms with Crippen LogP contribution in [0.25, 0.3) is 0 Å². The molecule has 0 saturated carbocycles. The van der Waals surface area contributed by atoms with Crippen LogP contribution >= 0.6 is 39.3 Å². The maximum atomic E-state index is 14.2. The van der Waals surface area contributed by atoms with Crippen LogP contribution in [-0.2, 0) is 11.3 Å². The Morgan fingerprint density at radius 3 is 2.67 bits per heavy atom. The third kappa shape index (κ3) is 5.47. The minimum absolute atomic E-state index is 0.130. The number of hydrogen-bond acceptors (Lipinski definition) is 3. The molecule has 0 radical (unpaired) electrons. The van der Waals surface area contributed by atoms with Gasteiger partial charge in [-0.05, 0) is 66.0 Å². The van der Waals surface area contributed by atoms with Crippen LogP contribution in [0.3, 0.4) is 0 Å². The van der Waals surface area contributed by atoms with Crippen LogP contribution in [0.4, 0.5) is 14.9 Å². The first kappa shape index (κ1) is 22.9. The standard InChI is InChI=1S/C21H21BrClFN2O3S/c1-21(2,25-20(28)29)9-13-11-30-18-8-16(24)15(22)7-17(18)26(19(13)27)10-12-3-5-14(23)6-4-12/h3-8,13,25H,9-11H2,1-2H3,(H,28,29)/t13-/m0/s1. The van der Waals surface area contributed by atoms with Gasteiger partial charge in [-0.15, -0.1) is 11.8 Å². The van der Waals surface area contributed by atoms with E-state index in [4.69, 9.17) is 16.7 Å². The van der Waals surface area contributed by atoms with Gasteiger partial charge in [0, 0.05) is 21.2 Å². The lowest BCUT2D eigenvalue weighted by Gasteiger charge is -2.31. The Kier molecular flexibility index (Phi) is 6.99. The number of nitrogens with one attached hydrogen (secondary N) is 1. The second kappa shape index (κ2) is 9.16. The summed E-state index contributed by atoms with van der Waals surface area (Å²) in [7, 11) is 0. The van der Waals surface area contributed by atoms with E-state index in [2.05, 4.69) is 21.2 Å². The molecule has 30 heavy (non-hydrogen) atoms. The number of rotatable bonds is 5. The minimum atomic E-state index is -1.14. The van der Waals surface area contributed by atoms with Gasteiger partial charge in [0.1, 0.15) is 5.82 Å². The van der Waals surface area contributed by atoms with E-state index in [1.165, 1.54) is 17.8 Å². The zero-order chi connectivity index (χ0) is 22.1. The molecule has 1 aliphatic heterocycles. The molecule has 2 N–H and O–H groups in total. The molecular formula is C21H21BrClFN2O3S. The topological polar surface area (TPSA) is 69.6 Å². The highest BCUT2D eigenvalue weighted by Gasteiger charge is 2.36. The molecule has 1 heterocycles. The number of fused-ring (bicyclic) bond motifs is 1. The van der Waals surface area contributed by atoms with Gasteiger partial charge in [0.05, 0.1) is 22.6 Å². The van der Waals surface area contributed by atoms with Crippen molar-refractivity contribution in [2.75, 3.05) is 10.7 Å². The van der Waals surface area contributed by atoms with Gasteiger partial charge in [-0.1, -0.05) is 23.7 Å². The molecule has 0 aliphatic carbocycles. The van der Waals surface area contributed by atoms with Crippen molar-refractivity contribution in [3.8, 4) is 0 Å². The van der Waals surface area contributed by atoms with Gasteiger partial charge in [-0.3, -0.25) is 4.79 Å². The number of hydrogen-bond donors (Lipinski definition) is 2. The largest absolute Gasteiger partial charge is 0.465 e. The van der Waals surface area contributed by atoms with Crippen molar-refractivity contribution < 1.29 is 19.1 Å². The smallest absolute Gasteiger partial charge is 0.405 e. The van der Waals surface area contributed by atoms with Gasteiger partial charge in [-0.2, -0.15) is 0 Å². The van der Waals surface area contributed by atoms with Crippen molar-refractivity contribution in [3.63, 3.8) is 0 Å². The predicted molar refractivity (Wildman–Crippen MR) is 121 cm³/mol. The number of carbonyl (C=O) groups excluding carboxylic acids is 1. The maximum Gasteiger partial charge on any atom is 0.405 e. The van der Waals surface area contributed by atoms with Crippen LogP contribution < -0.4 is 10.2 Å². The fourth-order valence-corrected chi connectivity index (χ4v) is 5.09. The van der Waals surface area contributed by atoms with Crippen LogP contribution in [0.2, 0.25) is 5.02 Å². The molecule has 0 fully saturated rings. The Bertz CT molecular complexity index is 971. The highest BCUT2D eigenvalue weighted by Crippen LogP contribution is 2.41. The third-order valence-corrected chi connectivity index (χ3v) is 6.87. The summed E-state index contributed by atoms with van der Waals surface area (Å²) in [5.74, 6) is -0.547. The van der Waals surface area contributed by atoms with E-state index in [1.807, 2.05) is 12.1 Å². The summed E-state index contributed by atoms with van der Waals surface area (Å²) < 4.78 is 14.5. The van der Waals surface area contributed by atoms with Crippen LogP contribution in [-0.4, -0.2) is 28.4 Å². The molecule has 2 aromatic carbocycles. The quantitative estimate of drug-likeness (QED) is 0.518. The van der Waals surface area contributed by atoms with Gasteiger partial charge in [-0.25, -0.2) is 9.18 Å². The first-order valence-electron chi connectivity index (χ1n) is 9.24. The Balaban J connectivity index is 1.97. The summed E-state index contributed by atoms with van der Waals surface area (Å²) in [6, 6.07) is 10.2. The SMILES string of the molecule is CC(C)(C[C@H]1CSc2cc(F)c(Br)cc2N(Cc2ccc(Cl)cc2)C1=O)NC(=O)O. The third-order valence-electron chi connectivity index (χ3n) is 4.80. The number of nitrogens with zero attached hydrogens (tertiary/aromatic N) is 1. The zero-order valence-electron chi connectivity index (χ0n) is 16.4. The van der Waals surface area contributed by atoms with E-state index >= 15 is 0 Å². The van der Waals surface area contributed by atoms with Gasteiger partial charge in [0.25, 0.3) is 0 Å². The Morgan fingerprint density at radius 1 is 1.37 bits per heavy atom. The highest BCUT2D eigenvalue weighted by molar-refractivity contribution is 9.10. The minimum Gasteiger partial charge on any atom is -0.465 e. The van der Waals surface area contributed by atoms with Gasteiger partial charge in [0.2, 0.25) is 5.91 Å². The van der Waals surface area contributed by atoms with Crippen molar-refractivity contribution >= 4 is 57.0 Å². The van der Waals surface area contributed by atoms with E-state index in [9.17, 15) is 14.0 Å². The lowest BCUT2D eigenvalue weighted by molar-refractivity contribution is -0.122. The van der Waals surface area contributed by atoms with E-state index in [1.54, 1.807) is 36.9 Å². The molecule has 1 aliphatic rings. The molecule has 0 spiro atoms. The normalized spacial score (nSPS) is 16.8. The molecule has 0 bridgehead atoms. The molecule has 1 atom stereocenters. The molecule has 2 amide bonds. The summed E-state index contributed by atoms with van der Waals surface area (Å²) in [6.45, 7) is 3.79. The number of thioether (sulfide) groups is 1. The Morgan fingerprint density at radius 2 is 2.03 bits per heavy atom. The average Bonchev–Trinajstić information content (AvgIpc) is 2.75. The molecule has 9 heteroatoms. The van der Waals surface area contributed by atoms with E-state index in [0.717, 1.165) is 5.56 Å². The number of amides is 2. The first-order chi connectivity index (χ1) is 14.1. The molecule has 0 aromatic heterocycles. The number of anilines is 1. The van der Waals surface area contributed by atoms with E-state index in [-0.39, 0.29) is 10.4 Å². The second-order valence-electron chi connectivity index (χ2n) is 7.81. The summed E-state index contributed by atoms with van der Waals surface area (Å²) in [5, 5.41) is 12.2. The van der Waals surface area contributed by atoms with Crippen LogP contribution in [0.5, 0.6) is 0 Å². The predicted octanol–water partition coefficient (Wildman–Crippen LogP) is 5.93. The van der Waals surface area contributed by atoms with Crippen LogP contribution in [0.15, 0.2) is 45.8 Å². The van der Waals surface area contributed by atoms with Crippen molar-refractivity contribution in [3.05, 3.63) is 57.3 Å². The fraction of sp³-hybridized carbons (Fsp3) is 0.333.